The lowest BCUT2D eigenvalue weighted by molar-refractivity contribution is -0.115. The minimum Gasteiger partial charge on any atom is -0.508 e. The highest BCUT2D eigenvalue weighted by Gasteiger charge is 2.32. The fourth-order valence-corrected chi connectivity index (χ4v) is 1.92. The largest absolute Gasteiger partial charge is 0.508 e. The van der Waals surface area contributed by atoms with Gasteiger partial charge in [0.25, 0.3) is 0 Å². The zero-order valence-corrected chi connectivity index (χ0v) is 10.0. The van der Waals surface area contributed by atoms with Crippen LogP contribution >= 0.6 is 0 Å². The van der Waals surface area contributed by atoms with E-state index in [0.29, 0.717) is 12.2 Å². The van der Waals surface area contributed by atoms with Crippen molar-refractivity contribution in [1.29, 1.82) is 0 Å². The van der Waals surface area contributed by atoms with Crippen molar-refractivity contribution in [2.45, 2.75) is 19.4 Å². The van der Waals surface area contributed by atoms with Crippen molar-refractivity contribution >= 4 is 17.3 Å². The topological polar surface area (TPSA) is 78.6 Å². The number of fused-ring (bicyclic) bond motifs is 1. The summed E-state index contributed by atoms with van der Waals surface area (Å²) < 4.78 is 0. The van der Waals surface area contributed by atoms with Gasteiger partial charge in [-0.15, -0.1) is 0 Å². The molecule has 5 nitrogen and oxygen atoms in total. The minimum absolute atomic E-state index is 0.0651. The molecule has 0 radical (unpaired) electrons. The number of nitrogens with zero attached hydrogens (tertiary/aromatic N) is 1. The third-order valence-electron chi connectivity index (χ3n) is 3.08. The summed E-state index contributed by atoms with van der Waals surface area (Å²) >= 11 is 0. The number of benzene rings is 1. The number of aromatic hydroxyl groups is 1. The van der Waals surface area contributed by atoms with Gasteiger partial charge in [-0.3, -0.25) is 4.79 Å². The maximum absolute atomic E-state index is 11.6. The van der Waals surface area contributed by atoms with Gasteiger partial charge >= 0.3 is 0 Å². The number of carbonyl (C=O) groups excluding carboxylic acids is 1. The fourth-order valence-electron chi connectivity index (χ4n) is 1.92. The van der Waals surface area contributed by atoms with E-state index in [4.69, 9.17) is 5.73 Å². The van der Waals surface area contributed by atoms with E-state index in [1.165, 1.54) is 0 Å². The number of carbonyl (C=O) groups is 1. The first kappa shape index (κ1) is 11.7. The lowest BCUT2D eigenvalue weighted by Crippen LogP contribution is -2.54. The number of amides is 1. The third-order valence-corrected chi connectivity index (χ3v) is 3.08. The molecule has 0 aliphatic carbocycles. The maximum Gasteiger partial charge on any atom is 0.243 e. The molecule has 0 fully saturated rings. The molecule has 0 spiro atoms. The van der Waals surface area contributed by atoms with Crippen LogP contribution < -0.4 is 16.0 Å². The number of phenols is 1. The van der Waals surface area contributed by atoms with Crippen LogP contribution in [-0.2, 0) is 4.79 Å². The Morgan fingerprint density at radius 2 is 2.24 bits per heavy atom. The molecule has 1 heterocycles. The van der Waals surface area contributed by atoms with E-state index in [1.807, 2.05) is 18.7 Å². The Hall–Kier alpha value is -1.75. The second kappa shape index (κ2) is 3.92. The molecule has 1 amide bonds. The van der Waals surface area contributed by atoms with Crippen LogP contribution in [0.4, 0.5) is 11.4 Å². The first-order valence-corrected chi connectivity index (χ1v) is 5.54. The standard InChI is InChI=1S/C12H17N3O2/c1-12(2,7-13)15-6-11(17)14-9-4-3-8(16)5-10(9)15/h3-5,16H,6-7,13H2,1-2H3,(H,14,17). The van der Waals surface area contributed by atoms with Crippen molar-refractivity contribution in [3.05, 3.63) is 18.2 Å². The van der Waals surface area contributed by atoms with Gasteiger partial charge in [0, 0.05) is 18.2 Å². The summed E-state index contributed by atoms with van der Waals surface area (Å²) in [4.78, 5) is 13.5. The van der Waals surface area contributed by atoms with Crippen LogP contribution in [-0.4, -0.2) is 29.6 Å². The van der Waals surface area contributed by atoms with Crippen LogP contribution in [0.1, 0.15) is 13.8 Å². The Labute approximate surface area is 100 Å². The van der Waals surface area contributed by atoms with Gasteiger partial charge < -0.3 is 21.1 Å². The zero-order chi connectivity index (χ0) is 12.6. The van der Waals surface area contributed by atoms with Gasteiger partial charge in [-0.1, -0.05) is 0 Å². The Bertz CT molecular complexity index is 457. The normalized spacial score (nSPS) is 15.5. The summed E-state index contributed by atoms with van der Waals surface area (Å²) in [6.07, 6.45) is 0. The highest BCUT2D eigenvalue weighted by molar-refractivity contribution is 6.01. The van der Waals surface area contributed by atoms with Crippen molar-refractivity contribution < 1.29 is 9.90 Å². The van der Waals surface area contributed by atoms with Crippen LogP contribution in [0.15, 0.2) is 18.2 Å². The summed E-state index contributed by atoms with van der Waals surface area (Å²) in [5.74, 6) is 0.113. The van der Waals surface area contributed by atoms with E-state index in [-0.39, 0.29) is 23.7 Å². The van der Waals surface area contributed by atoms with Gasteiger partial charge in [0.15, 0.2) is 0 Å². The van der Waals surface area contributed by atoms with Gasteiger partial charge in [-0.2, -0.15) is 0 Å². The van der Waals surface area contributed by atoms with Gasteiger partial charge in [0.05, 0.1) is 17.9 Å². The van der Waals surface area contributed by atoms with Crippen molar-refractivity contribution in [1.82, 2.24) is 0 Å². The molecular weight excluding hydrogens is 218 g/mol. The van der Waals surface area contributed by atoms with Gasteiger partial charge in [0.1, 0.15) is 5.75 Å². The predicted octanol–water partition coefficient (Wildman–Crippen LogP) is 0.888. The molecular formula is C12H17N3O2. The first-order valence-electron chi connectivity index (χ1n) is 5.54. The monoisotopic (exact) mass is 235 g/mol. The van der Waals surface area contributed by atoms with Crippen LogP contribution in [0.2, 0.25) is 0 Å². The number of anilines is 2. The van der Waals surface area contributed by atoms with Crippen molar-refractivity contribution in [3.63, 3.8) is 0 Å². The average molecular weight is 235 g/mol. The molecule has 0 unspecified atom stereocenters. The molecule has 0 atom stereocenters. The van der Waals surface area contributed by atoms with Crippen LogP contribution in [0.5, 0.6) is 5.75 Å². The Morgan fingerprint density at radius 3 is 2.88 bits per heavy atom. The molecule has 0 saturated heterocycles. The van der Waals surface area contributed by atoms with Gasteiger partial charge in [-0.05, 0) is 26.0 Å². The molecule has 0 saturated carbocycles. The molecule has 4 N–H and O–H groups in total. The molecule has 1 aliphatic rings. The Balaban J connectivity index is 2.50. The Kier molecular flexibility index (Phi) is 2.71. The number of nitrogens with one attached hydrogen (secondary N) is 1. The van der Waals surface area contributed by atoms with Gasteiger partial charge in [-0.25, -0.2) is 0 Å². The fraction of sp³-hybridized carbons (Fsp3) is 0.417. The Morgan fingerprint density at radius 1 is 1.53 bits per heavy atom. The van der Waals surface area contributed by atoms with Crippen molar-refractivity contribution in [2.24, 2.45) is 5.73 Å². The van der Waals surface area contributed by atoms with Crippen molar-refractivity contribution in [3.8, 4) is 5.75 Å². The minimum atomic E-state index is -0.333. The number of hydrogen-bond acceptors (Lipinski definition) is 4. The highest BCUT2D eigenvalue weighted by Crippen LogP contribution is 2.36. The maximum atomic E-state index is 11.6. The second-order valence-electron chi connectivity index (χ2n) is 4.85. The van der Waals surface area contributed by atoms with Gasteiger partial charge in [0.2, 0.25) is 5.91 Å². The van der Waals surface area contributed by atoms with Crippen LogP contribution in [0.3, 0.4) is 0 Å². The highest BCUT2D eigenvalue weighted by atomic mass is 16.3. The zero-order valence-electron chi connectivity index (χ0n) is 10.0. The molecule has 5 heteroatoms. The molecule has 2 rings (SSSR count). The van der Waals surface area contributed by atoms with E-state index < -0.39 is 0 Å². The lowest BCUT2D eigenvalue weighted by atomic mass is 10.00. The van der Waals surface area contributed by atoms with E-state index >= 15 is 0 Å². The van der Waals surface area contributed by atoms with Crippen molar-refractivity contribution in [2.75, 3.05) is 23.3 Å². The summed E-state index contributed by atoms with van der Waals surface area (Å²) in [7, 11) is 0. The second-order valence-corrected chi connectivity index (χ2v) is 4.85. The molecule has 0 aromatic heterocycles. The molecule has 1 aromatic rings. The summed E-state index contributed by atoms with van der Waals surface area (Å²) in [6, 6.07) is 4.89. The summed E-state index contributed by atoms with van der Waals surface area (Å²) in [6.45, 7) is 4.62. The lowest BCUT2D eigenvalue weighted by Gasteiger charge is -2.42. The third kappa shape index (κ3) is 2.06. The van der Waals surface area contributed by atoms with Crippen LogP contribution in [0, 0.1) is 0 Å². The first-order chi connectivity index (χ1) is 7.94. The van der Waals surface area contributed by atoms with E-state index in [0.717, 1.165) is 5.69 Å². The SMILES string of the molecule is CC(C)(CN)N1CC(=O)Nc2ccc(O)cc21. The molecule has 1 aromatic carbocycles. The van der Waals surface area contributed by atoms with E-state index in [9.17, 15) is 9.90 Å². The number of rotatable bonds is 2. The average Bonchev–Trinajstić information content (AvgIpc) is 2.28. The molecule has 0 bridgehead atoms. The quantitative estimate of drug-likeness (QED) is 0.665. The number of hydrogen-bond donors (Lipinski definition) is 3. The summed E-state index contributed by atoms with van der Waals surface area (Å²) in [5.41, 5.74) is 6.92. The van der Waals surface area contributed by atoms with Crippen LogP contribution in [0.25, 0.3) is 0 Å². The predicted molar refractivity (Wildman–Crippen MR) is 67.2 cm³/mol. The molecule has 1 aliphatic heterocycles. The smallest absolute Gasteiger partial charge is 0.243 e. The summed E-state index contributed by atoms with van der Waals surface area (Å²) in [5, 5.41) is 12.3. The molecule has 92 valence electrons. The van der Waals surface area contributed by atoms with E-state index in [1.54, 1.807) is 18.2 Å². The number of nitrogens with two attached hydrogens (primary N) is 1. The number of phenolic OH excluding ortho intramolecular Hbond substituents is 1. The van der Waals surface area contributed by atoms with E-state index in [2.05, 4.69) is 5.32 Å². The molecule has 17 heavy (non-hydrogen) atoms.